The lowest BCUT2D eigenvalue weighted by molar-refractivity contribution is -0.288. The number of anilines is 2. The van der Waals surface area contributed by atoms with Gasteiger partial charge in [-0.05, 0) is 55.8 Å². The first-order valence-electron chi connectivity index (χ1n) is 10.9. The van der Waals surface area contributed by atoms with Crippen LogP contribution in [0.15, 0.2) is 36.7 Å². The molecular formula is C24H27Cl2N4O2+. The number of fused-ring (bicyclic) bond motifs is 2. The fourth-order valence-corrected chi connectivity index (χ4v) is 5.46. The molecule has 2 heterocycles. The van der Waals surface area contributed by atoms with Crippen LogP contribution in [0.5, 0.6) is 11.5 Å². The molecule has 1 unspecified atom stereocenters. The van der Waals surface area contributed by atoms with Gasteiger partial charge in [0.05, 0.1) is 19.2 Å². The van der Waals surface area contributed by atoms with E-state index in [9.17, 15) is 0 Å². The van der Waals surface area contributed by atoms with Crippen LogP contribution in [0.2, 0.25) is 10.0 Å². The minimum atomic E-state index is 0.527. The molecule has 1 saturated heterocycles. The van der Waals surface area contributed by atoms with Gasteiger partial charge in [0.15, 0.2) is 23.1 Å². The van der Waals surface area contributed by atoms with Crippen LogP contribution >= 0.6 is 11.6 Å². The molecule has 8 heteroatoms. The molecule has 1 aliphatic heterocycles. The molecule has 0 amide bonds. The summed E-state index contributed by atoms with van der Waals surface area (Å²) in [6.45, 7) is 3.14. The zero-order valence-corrected chi connectivity index (χ0v) is 19.7. The highest BCUT2D eigenvalue weighted by Gasteiger charge is 2.39. The van der Waals surface area contributed by atoms with Gasteiger partial charge in [-0.25, -0.2) is 9.97 Å². The predicted molar refractivity (Wildman–Crippen MR) is 124 cm³/mol. The van der Waals surface area contributed by atoms with E-state index in [0.29, 0.717) is 34.1 Å². The highest BCUT2D eigenvalue weighted by molar-refractivity contribution is 6.31. The van der Waals surface area contributed by atoms with Gasteiger partial charge in [-0.3, -0.25) is 0 Å². The van der Waals surface area contributed by atoms with Crippen molar-refractivity contribution in [2.24, 2.45) is 17.8 Å². The topological polar surface area (TPSA) is 59.5 Å². The van der Waals surface area contributed by atoms with Crippen LogP contribution in [0.3, 0.4) is 0 Å². The standard InChI is InChI=1S/C24H27Cl2N4O2/c1-30-10-15-5-14(6-16(15)11-30)12-32-23-9-21-18(8-22(23)31-2)24(28-13-27-21)29-17-3-4-19(25)20(26)7-17/h3-4,7-9,13-16,25H,5-6,10-12H2,1-2H3,(H,27,28,29)/q+1/t14?,15-,16+. The number of ether oxygens (including phenoxy) is 2. The molecule has 0 radical (unpaired) electrons. The van der Waals surface area contributed by atoms with E-state index >= 15 is 0 Å². The van der Waals surface area contributed by atoms with Gasteiger partial charge < -0.3 is 19.7 Å². The number of rotatable bonds is 6. The summed E-state index contributed by atoms with van der Waals surface area (Å²) in [4.78, 5) is 11.3. The molecule has 1 saturated carbocycles. The molecule has 0 bridgehead atoms. The van der Waals surface area contributed by atoms with E-state index in [1.807, 2.05) is 18.2 Å². The van der Waals surface area contributed by atoms with Gasteiger partial charge in [0.2, 0.25) is 5.02 Å². The quantitative estimate of drug-likeness (QED) is 0.559. The molecule has 32 heavy (non-hydrogen) atoms. The molecule has 6 nitrogen and oxygen atoms in total. The van der Waals surface area contributed by atoms with Crippen molar-refractivity contribution in [3.05, 3.63) is 46.7 Å². The fourth-order valence-electron chi connectivity index (χ4n) is 5.15. The van der Waals surface area contributed by atoms with E-state index in [1.54, 1.807) is 25.6 Å². The first kappa shape index (κ1) is 21.6. The second kappa shape index (κ2) is 8.93. The molecule has 2 aromatic carbocycles. The Morgan fingerprint density at radius 3 is 2.62 bits per heavy atom. The van der Waals surface area contributed by atoms with E-state index in [1.165, 1.54) is 25.9 Å². The number of hydrogen-bond donors (Lipinski definition) is 1. The fraction of sp³-hybridized carbons (Fsp3) is 0.417. The normalized spacial score (nSPS) is 22.8. The zero-order valence-electron chi connectivity index (χ0n) is 18.2. The van der Waals surface area contributed by atoms with E-state index < -0.39 is 0 Å². The zero-order chi connectivity index (χ0) is 22.2. The number of methoxy groups -OCH3 is 1. The second-order valence-corrected chi connectivity index (χ2v) is 9.75. The average Bonchev–Trinajstić information content (AvgIpc) is 3.31. The Morgan fingerprint density at radius 1 is 1.12 bits per heavy atom. The Bertz CT molecular complexity index is 1130. The average molecular weight is 474 g/mol. The van der Waals surface area contributed by atoms with E-state index in [-0.39, 0.29) is 0 Å². The number of benzene rings is 2. The van der Waals surface area contributed by atoms with Gasteiger partial charge in [0.25, 0.3) is 0 Å². The number of nitrogens with zero attached hydrogens (tertiary/aromatic N) is 3. The monoisotopic (exact) mass is 473 g/mol. The van der Waals surface area contributed by atoms with Crippen LogP contribution < -0.4 is 14.8 Å². The summed E-state index contributed by atoms with van der Waals surface area (Å²) in [6, 6.07) is 9.33. The van der Waals surface area contributed by atoms with E-state index in [4.69, 9.17) is 32.7 Å². The summed E-state index contributed by atoms with van der Waals surface area (Å²) in [5.74, 6) is 4.29. The smallest absolute Gasteiger partial charge is 0.244 e. The molecule has 168 valence electrons. The van der Waals surface area contributed by atoms with Crippen molar-refractivity contribution in [3.63, 3.8) is 0 Å². The van der Waals surface area contributed by atoms with Crippen molar-refractivity contribution in [2.45, 2.75) is 12.8 Å². The molecule has 1 aromatic heterocycles. The lowest BCUT2D eigenvalue weighted by Crippen LogP contribution is -2.18. The first-order valence-corrected chi connectivity index (χ1v) is 11.7. The molecule has 3 atom stereocenters. The van der Waals surface area contributed by atoms with Crippen molar-refractivity contribution >= 4 is 34.0 Å². The SMILES string of the molecule is COc1cc2c(Nc3ccc([ClH+])c(Cl)c3)ncnc2cc1OCC1C[C@@H]2CN(C)C[C@@H]2C1. The minimum absolute atomic E-state index is 0.527. The Balaban J connectivity index is 1.35. The number of hydrogen-bond acceptors (Lipinski definition) is 6. The van der Waals surface area contributed by atoms with Gasteiger partial charge in [-0.1, -0.05) is 11.6 Å². The summed E-state index contributed by atoms with van der Waals surface area (Å²) in [5, 5.41) is 5.29. The Morgan fingerprint density at radius 2 is 1.91 bits per heavy atom. The van der Waals surface area contributed by atoms with Gasteiger partial charge >= 0.3 is 0 Å². The van der Waals surface area contributed by atoms with Crippen molar-refractivity contribution < 1.29 is 21.1 Å². The van der Waals surface area contributed by atoms with Crippen LogP contribution in [0.4, 0.5) is 11.5 Å². The summed E-state index contributed by atoms with van der Waals surface area (Å²) in [7, 11) is 3.88. The number of aromatic nitrogens is 2. The Kier molecular flexibility index (Phi) is 6.01. The summed E-state index contributed by atoms with van der Waals surface area (Å²) >= 11 is 11.4. The summed E-state index contributed by atoms with van der Waals surface area (Å²) in [5.41, 5.74) is 1.59. The maximum atomic E-state index is 6.25. The maximum absolute atomic E-state index is 6.25. The highest BCUT2D eigenvalue weighted by Crippen LogP contribution is 2.42. The number of halogens is 2. The van der Waals surface area contributed by atoms with E-state index in [0.717, 1.165) is 34.2 Å². The molecule has 1 N–H and O–H groups in total. The summed E-state index contributed by atoms with van der Waals surface area (Å²) < 4.78 is 11.9. The van der Waals surface area contributed by atoms with Crippen molar-refractivity contribution in [3.8, 4) is 11.5 Å². The van der Waals surface area contributed by atoms with Crippen molar-refractivity contribution in [2.75, 3.05) is 39.2 Å². The molecule has 0 spiro atoms. The van der Waals surface area contributed by atoms with Crippen molar-refractivity contribution in [1.82, 2.24) is 14.9 Å². The highest BCUT2D eigenvalue weighted by atomic mass is 35.5. The lowest BCUT2D eigenvalue weighted by Gasteiger charge is -2.17. The van der Waals surface area contributed by atoms with Crippen LogP contribution in [0.1, 0.15) is 12.8 Å². The Labute approximate surface area is 197 Å². The number of likely N-dealkylation sites (tertiary alicyclic amines) is 1. The second-order valence-electron chi connectivity index (χ2n) is 8.90. The van der Waals surface area contributed by atoms with Crippen molar-refractivity contribution in [1.29, 1.82) is 0 Å². The third kappa shape index (κ3) is 4.32. The molecule has 3 aromatic rings. The van der Waals surface area contributed by atoms with Gasteiger partial charge in [-0.15, -0.1) is 0 Å². The molecular weight excluding hydrogens is 447 g/mol. The molecule has 2 aliphatic rings. The summed E-state index contributed by atoms with van der Waals surface area (Å²) in [6.07, 6.45) is 4.03. The lowest BCUT2D eigenvalue weighted by atomic mass is 10.0. The molecule has 5 rings (SSSR count). The van der Waals surface area contributed by atoms with Crippen LogP contribution in [-0.4, -0.2) is 48.7 Å². The third-order valence-electron chi connectivity index (χ3n) is 6.62. The molecule has 2 fully saturated rings. The number of nitrogens with one attached hydrogen (secondary N) is 1. The minimum Gasteiger partial charge on any atom is -0.493 e. The van der Waals surface area contributed by atoms with Crippen LogP contribution in [0.25, 0.3) is 10.9 Å². The Hall–Kier alpha value is -2.28. The van der Waals surface area contributed by atoms with Crippen LogP contribution in [0, 0.1) is 29.4 Å². The first-order chi connectivity index (χ1) is 15.5. The largest absolute Gasteiger partial charge is 0.493 e. The predicted octanol–water partition coefficient (Wildman–Crippen LogP) is 4.70. The molecule has 1 aliphatic carbocycles. The van der Waals surface area contributed by atoms with Gasteiger partial charge in [0, 0.05) is 36.3 Å². The van der Waals surface area contributed by atoms with Crippen LogP contribution in [-0.2, 0) is 0 Å². The third-order valence-corrected chi connectivity index (χ3v) is 7.40. The maximum Gasteiger partial charge on any atom is 0.244 e. The van der Waals surface area contributed by atoms with Gasteiger partial charge in [-0.2, -0.15) is 0 Å². The van der Waals surface area contributed by atoms with E-state index in [2.05, 4.69) is 27.2 Å². The van der Waals surface area contributed by atoms with Gasteiger partial charge in [0.1, 0.15) is 17.2 Å².